The maximum Gasteiger partial charge on any atom is 0.416 e. The van der Waals surface area contributed by atoms with Crippen molar-refractivity contribution in [3.05, 3.63) is 130 Å². The fourth-order valence-corrected chi connectivity index (χ4v) is 13.1. The summed E-state index contributed by atoms with van der Waals surface area (Å²) < 4.78 is 58.4. The topological polar surface area (TPSA) is 109 Å². The van der Waals surface area contributed by atoms with E-state index in [9.17, 15) is 28.2 Å². The molecule has 0 saturated heterocycles. The molecule has 3 fully saturated rings. The average Bonchev–Trinajstić information content (AvgIpc) is 3.85. The highest BCUT2D eigenvalue weighted by Gasteiger charge is 2.74. The summed E-state index contributed by atoms with van der Waals surface area (Å²) in [4.78, 5) is 31.5. The number of ketones is 1. The number of Topliss-reactive ketones (excluding diaryl/α,β-unsaturated/α-hetero) is 1. The number of furan rings is 1. The molecule has 0 radical (unpaired) electrons. The van der Waals surface area contributed by atoms with Crippen LogP contribution in [0.5, 0.6) is 11.5 Å². The van der Waals surface area contributed by atoms with Crippen molar-refractivity contribution < 1.29 is 46.9 Å². The molecule has 0 aliphatic heterocycles. The standard InChI is InChI=1S/C51H53ClF3NO7/c1-46-19-16-34(57)27-48(46)22-23-50(36(28-48)45(59)40-15-14-38(63-40)35-26-33(51(53,54)55)11-12-37(35)52)42(46)17-20-47(2)43(50)18-21-49(47,60)30-56(29-31-8-6-5-7-9-31)44(58)25-32-10-13-39(61-3)41(24-32)62-4/h5-15,22-24,26,28,34,42-43,57,60H,16-21,25,27,29-30H2,1-4H3/t34?,42-,43-,46-,47+,48+,49-,50-/m1/s1. The summed E-state index contributed by atoms with van der Waals surface area (Å²) in [6, 6.07) is 21.1. The lowest BCUT2D eigenvalue weighted by molar-refractivity contribution is -0.178. The molecule has 8 atom stereocenters. The lowest BCUT2D eigenvalue weighted by atomic mass is 9.32. The molecule has 63 heavy (non-hydrogen) atoms. The smallest absolute Gasteiger partial charge is 0.416 e. The highest BCUT2D eigenvalue weighted by atomic mass is 35.5. The number of alkyl halides is 3. The van der Waals surface area contributed by atoms with Crippen molar-refractivity contribution in [2.45, 2.75) is 89.6 Å². The number of rotatable bonds is 11. The molecule has 1 amide bonds. The fourth-order valence-electron chi connectivity index (χ4n) is 12.9. The van der Waals surface area contributed by atoms with Crippen molar-refractivity contribution in [3.8, 4) is 22.8 Å². The highest BCUT2D eigenvalue weighted by Crippen LogP contribution is 2.78. The largest absolute Gasteiger partial charge is 0.493 e. The zero-order valence-electron chi connectivity index (χ0n) is 35.9. The van der Waals surface area contributed by atoms with Gasteiger partial charge in [-0.15, -0.1) is 0 Å². The third kappa shape index (κ3) is 6.78. The SMILES string of the molecule is COc1ccc(CC(=O)N(Cc2ccccc2)C[C@]2(O)CC[C@H]3[C@]45C=C[C@@]6(C=C4C(=O)c4ccc(-c7cc(C(F)(F)F)ccc7Cl)o4)CC(O)CC[C@]6(C)[C@H]5CC[C@@]32C)cc1OC. The van der Waals surface area contributed by atoms with Gasteiger partial charge < -0.3 is 29.0 Å². The predicted octanol–water partition coefficient (Wildman–Crippen LogP) is 10.7. The summed E-state index contributed by atoms with van der Waals surface area (Å²) in [6.45, 7) is 4.77. The van der Waals surface area contributed by atoms with Gasteiger partial charge in [-0.2, -0.15) is 13.2 Å². The minimum Gasteiger partial charge on any atom is -0.493 e. The number of amides is 1. The first kappa shape index (κ1) is 43.4. The van der Waals surface area contributed by atoms with Gasteiger partial charge in [0.15, 0.2) is 17.3 Å². The Morgan fingerprint density at radius 1 is 0.857 bits per heavy atom. The van der Waals surface area contributed by atoms with Crippen molar-refractivity contribution in [2.75, 3.05) is 20.8 Å². The van der Waals surface area contributed by atoms with Gasteiger partial charge in [0.1, 0.15) is 5.76 Å². The van der Waals surface area contributed by atoms with E-state index < -0.39 is 39.7 Å². The Balaban J connectivity index is 1.09. The van der Waals surface area contributed by atoms with Crippen LogP contribution in [-0.4, -0.2) is 59.3 Å². The van der Waals surface area contributed by atoms with Crippen molar-refractivity contribution >= 4 is 23.3 Å². The van der Waals surface area contributed by atoms with E-state index in [0.717, 1.165) is 29.7 Å². The van der Waals surface area contributed by atoms with Crippen LogP contribution in [0.15, 0.2) is 107 Å². The Labute approximate surface area is 370 Å². The second-order valence-corrected chi connectivity index (χ2v) is 19.5. The van der Waals surface area contributed by atoms with Crippen LogP contribution in [0.4, 0.5) is 13.2 Å². The molecule has 6 aliphatic rings. The van der Waals surface area contributed by atoms with Crippen LogP contribution in [0.3, 0.4) is 0 Å². The van der Waals surface area contributed by atoms with Crippen LogP contribution < -0.4 is 9.47 Å². The van der Waals surface area contributed by atoms with Crippen molar-refractivity contribution in [1.29, 1.82) is 0 Å². The maximum atomic E-state index is 15.2. The molecule has 332 valence electrons. The maximum absolute atomic E-state index is 15.2. The van der Waals surface area contributed by atoms with Crippen LogP contribution in [0.2, 0.25) is 5.02 Å². The van der Waals surface area contributed by atoms with Gasteiger partial charge in [0.2, 0.25) is 11.7 Å². The lowest BCUT2D eigenvalue weighted by Crippen LogP contribution is -2.67. The van der Waals surface area contributed by atoms with E-state index in [4.69, 9.17) is 25.5 Å². The number of carbonyl (C=O) groups excluding carboxylic acids is 2. The average molecular weight is 884 g/mol. The number of ether oxygens (including phenoxy) is 2. The summed E-state index contributed by atoms with van der Waals surface area (Å²) in [7, 11) is 3.11. The van der Waals surface area contributed by atoms with Gasteiger partial charge in [0.05, 0.1) is 49.5 Å². The van der Waals surface area contributed by atoms with E-state index >= 15 is 4.79 Å². The van der Waals surface area contributed by atoms with Gasteiger partial charge in [-0.05, 0) is 116 Å². The van der Waals surface area contributed by atoms with Gasteiger partial charge in [-0.3, -0.25) is 9.59 Å². The lowest BCUT2D eigenvalue weighted by Gasteiger charge is -2.71. The van der Waals surface area contributed by atoms with E-state index in [1.807, 2.05) is 36.4 Å². The Morgan fingerprint density at radius 3 is 2.30 bits per heavy atom. The molecule has 10 rings (SSSR count). The number of benzene rings is 3. The first-order valence-electron chi connectivity index (χ1n) is 21.8. The summed E-state index contributed by atoms with van der Waals surface area (Å²) >= 11 is 6.42. The molecular formula is C51H53ClF3NO7. The number of halogens is 4. The first-order chi connectivity index (χ1) is 29.9. The molecule has 12 heteroatoms. The normalized spacial score (nSPS) is 31.7. The zero-order chi connectivity index (χ0) is 44.7. The molecule has 2 N–H and O–H groups in total. The molecule has 2 spiro atoms. The Hall–Kier alpha value is -4.84. The van der Waals surface area contributed by atoms with E-state index in [1.54, 1.807) is 31.3 Å². The monoisotopic (exact) mass is 883 g/mol. The van der Waals surface area contributed by atoms with Crippen LogP contribution in [0, 0.1) is 33.5 Å². The molecule has 1 unspecified atom stereocenters. The van der Waals surface area contributed by atoms with Crippen molar-refractivity contribution in [3.63, 3.8) is 0 Å². The number of carbonyl (C=O) groups is 2. The second-order valence-electron chi connectivity index (χ2n) is 19.1. The summed E-state index contributed by atoms with van der Waals surface area (Å²) in [5.41, 5.74) is -2.53. The van der Waals surface area contributed by atoms with E-state index in [0.29, 0.717) is 55.6 Å². The van der Waals surface area contributed by atoms with E-state index in [1.165, 1.54) is 18.2 Å². The number of hydrogen-bond acceptors (Lipinski definition) is 7. The number of allylic oxidation sites excluding steroid dienone is 4. The van der Waals surface area contributed by atoms with Crippen molar-refractivity contribution in [1.82, 2.24) is 4.90 Å². The molecule has 8 nitrogen and oxygen atoms in total. The number of aliphatic hydroxyl groups excluding tert-OH is 1. The Bertz CT molecular complexity index is 2520. The number of nitrogens with zero attached hydrogens (tertiary/aromatic N) is 1. The van der Waals surface area contributed by atoms with E-state index in [2.05, 4.69) is 32.1 Å². The fraction of sp³-hybridized carbons (Fsp3) is 0.451. The number of fused-ring (bicyclic) bond motifs is 1. The predicted molar refractivity (Wildman–Crippen MR) is 232 cm³/mol. The third-order valence-corrected chi connectivity index (χ3v) is 16.5. The van der Waals surface area contributed by atoms with Gasteiger partial charge in [-0.1, -0.05) is 80.1 Å². The van der Waals surface area contributed by atoms with E-state index in [-0.39, 0.29) is 70.6 Å². The van der Waals surface area contributed by atoms with Crippen molar-refractivity contribution in [2.24, 2.45) is 33.5 Å². The third-order valence-electron chi connectivity index (χ3n) is 16.2. The number of methoxy groups -OCH3 is 2. The Morgan fingerprint density at radius 2 is 1.57 bits per heavy atom. The van der Waals surface area contributed by atoms with Crippen LogP contribution >= 0.6 is 11.6 Å². The summed E-state index contributed by atoms with van der Waals surface area (Å²) in [6.07, 6.45) is 5.53. The van der Waals surface area contributed by atoms with Gasteiger partial charge >= 0.3 is 6.18 Å². The van der Waals surface area contributed by atoms with Crippen LogP contribution in [-0.2, 0) is 23.9 Å². The minimum absolute atomic E-state index is 0.0219. The molecule has 6 aliphatic carbocycles. The summed E-state index contributed by atoms with van der Waals surface area (Å²) in [5.74, 6) is 0.298. The Kier molecular flexibility index (Phi) is 10.6. The number of aliphatic hydroxyl groups is 2. The van der Waals surface area contributed by atoms with Crippen LogP contribution in [0.1, 0.15) is 86.0 Å². The molecular weight excluding hydrogens is 831 g/mol. The zero-order valence-corrected chi connectivity index (χ0v) is 36.7. The molecule has 1 heterocycles. The molecule has 4 aromatic rings. The van der Waals surface area contributed by atoms with Gasteiger partial charge in [0, 0.05) is 33.9 Å². The molecule has 3 saturated carbocycles. The quantitative estimate of drug-likeness (QED) is 0.114. The highest BCUT2D eigenvalue weighted by molar-refractivity contribution is 6.33. The van der Waals surface area contributed by atoms with Gasteiger partial charge in [0.25, 0.3) is 0 Å². The minimum atomic E-state index is -4.61. The molecule has 1 aromatic heterocycles. The summed E-state index contributed by atoms with van der Waals surface area (Å²) in [5, 5.41) is 24.5. The molecule has 3 aromatic carbocycles. The first-order valence-corrected chi connectivity index (χ1v) is 22.2. The van der Waals surface area contributed by atoms with Gasteiger partial charge in [-0.25, -0.2) is 0 Å². The number of hydrogen-bond donors (Lipinski definition) is 2. The molecule has 2 bridgehead atoms. The van der Waals surface area contributed by atoms with Crippen LogP contribution in [0.25, 0.3) is 11.3 Å². The second kappa shape index (κ2) is 15.4.